The standard InChI is InChI=1S/C15H16N2O2/c1-17(11-13-7-9-16-10-8-13)15(18)19-12-14-5-3-2-4-6-14/h2-10H,11-12H2,1H3. The molecule has 0 N–H and O–H groups in total. The Kier molecular flexibility index (Phi) is 4.50. The highest BCUT2D eigenvalue weighted by Crippen LogP contribution is 2.05. The first-order chi connectivity index (χ1) is 9.25. The van der Waals surface area contributed by atoms with Gasteiger partial charge in [-0.15, -0.1) is 0 Å². The van der Waals surface area contributed by atoms with Gasteiger partial charge in [0.15, 0.2) is 0 Å². The van der Waals surface area contributed by atoms with Gasteiger partial charge in [0, 0.05) is 26.0 Å². The summed E-state index contributed by atoms with van der Waals surface area (Å²) in [4.78, 5) is 17.3. The summed E-state index contributed by atoms with van der Waals surface area (Å²) in [6.45, 7) is 0.802. The molecule has 0 radical (unpaired) electrons. The van der Waals surface area contributed by atoms with Crippen LogP contribution in [0.5, 0.6) is 0 Å². The van der Waals surface area contributed by atoms with Crippen molar-refractivity contribution in [2.45, 2.75) is 13.2 Å². The smallest absolute Gasteiger partial charge is 0.410 e. The monoisotopic (exact) mass is 256 g/mol. The molecule has 0 spiro atoms. The molecular weight excluding hydrogens is 240 g/mol. The van der Waals surface area contributed by atoms with Crippen molar-refractivity contribution < 1.29 is 9.53 Å². The van der Waals surface area contributed by atoms with Crippen molar-refractivity contribution in [2.24, 2.45) is 0 Å². The van der Waals surface area contributed by atoms with Gasteiger partial charge in [0.25, 0.3) is 0 Å². The summed E-state index contributed by atoms with van der Waals surface area (Å²) in [5, 5.41) is 0. The predicted molar refractivity (Wildman–Crippen MR) is 72.3 cm³/mol. The Bertz CT molecular complexity index is 514. The summed E-state index contributed by atoms with van der Waals surface area (Å²) < 4.78 is 5.23. The van der Waals surface area contributed by atoms with Crippen LogP contribution in [0.15, 0.2) is 54.9 Å². The molecule has 0 saturated carbocycles. The lowest BCUT2D eigenvalue weighted by atomic mass is 10.2. The Balaban J connectivity index is 1.83. The summed E-state index contributed by atoms with van der Waals surface area (Å²) in [6, 6.07) is 13.4. The number of rotatable bonds is 4. The van der Waals surface area contributed by atoms with Crippen molar-refractivity contribution in [1.82, 2.24) is 9.88 Å². The summed E-state index contributed by atoms with van der Waals surface area (Å²) in [5.41, 5.74) is 2.00. The molecule has 1 heterocycles. The number of hydrogen-bond donors (Lipinski definition) is 0. The van der Waals surface area contributed by atoms with E-state index in [1.807, 2.05) is 42.5 Å². The van der Waals surface area contributed by atoms with E-state index in [0.29, 0.717) is 13.2 Å². The normalized spacial score (nSPS) is 9.95. The summed E-state index contributed by atoms with van der Waals surface area (Å²) in [7, 11) is 1.72. The molecule has 0 aliphatic heterocycles. The third kappa shape index (κ3) is 4.10. The van der Waals surface area contributed by atoms with Crippen molar-refractivity contribution in [3.05, 3.63) is 66.0 Å². The fourth-order valence-corrected chi connectivity index (χ4v) is 1.66. The Morgan fingerprint density at radius 3 is 2.47 bits per heavy atom. The summed E-state index contributed by atoms with van der Waals surface area (Å²) in [6.07, 6.45) is 3.08. The molecule has 0 aliphatic carbocycles. The van der Waals surface area contributed by atoms with E-state index in [9.17, 15) is 4.79 Å². The molecule has 98 valence electrons. The molecule has 4 nitrogen and oxygen atoms in total. The van der Waals surface area contributed by atoms with Gasteiger partial charge in [0.2, 0.25) is 0 Å². The summed E-state index contributed by atoms with van der Waals surface area (Å²) in [5.74, 6) is 0. The Labute approximate surface area is 112 Å². The zero-order valence-corrected chi connectivity index (χ0v) is 10.8. The largest absolute Gasteiger partial charge is 0.445 e. The lowest BCUT2D eigenvalue weighted by molar-refractivity contribution is 0.103. The Hall–Kier alpha value is -2.36. The highest BCUT2D eigenvalue weighted by molar-refractivity contribution is 5.67. The van der Waals surface area contributed by atoms with E-state index >= 15 is 0 Å². The molecule has 2 rings (SSSR count). The molecule has 0 atom stereocenters. The predicted octanol–water partition coefficient (Wildman–Crippen LogP) is 2.85. The second-order valence-corrected chi connectivity index (χ2v) is 4.25. The second-order valence-electron chi connectivity index (χ2n) is 4.25. The van der Waals surface area contributed by atoms with Gasteiger partial charge in [0.05, 0.1) is 0 Å². The maximum Gasteiger partial charge on any atom is 0.410 e. The summed E-state index contributed by atoms with van der Waals surface area (Å²) >= 11 is 0. The van der Waals surface area contributed by atoms with Gasteiger partial charge in [0.1, 0.15) is 6.61 Å². The van der Waals surface area contributed by atoms with Crippen LogP contribution in [0.4, 0.5) is 4.79 Å². The fraction of sp³-hybridized carbons (Fsp3) is 0.200. The fourth-order valence-electron chi connectivity index (χ4n) is 1.66. The van der Waals surface area contributed by atoms with Crippen LogP contribution in [-0.4, -0.2) is 23.0 Å². The molecule has 19 heavy (non-hydrogen) atoms. The first-order valence-corrected chi connectivity index (χ1v) is 6.06. The average molecular weight is 256 g/mol. The van der Waals surface area contributed by atoms with Gasteiger partial charge >= 0.3 is 6.09 Å². The second kappa shape index (κ2) is 6.54. The molecular formula is C15H16N2O2. The Morgan fingerprint density at radius 1 is 1.11 bits per heavy atom. The SMILES string of the molecule is CN(Cc1ccncc1)C(=O)OCc1ccccc1. The minimum absolute atomic E-state index is 0.292. The van der Waals surface area contributed by atoms with E-state index in [1.54, 1.807) is 19.4 Å². The highest BCUT2D eigenvalue weighted by Gasteiger charge is 2.10. The van der Waals surface area contributed by atoms with Crippen LogP contribution in [0.25, 0.3) is 0 Å². The quantitative estimate of drug-likeness (QED) is 0.844. The van der Waals surface area contributed by atoms with Gasteiger partial charge in [-0.1, -0.05) is 30.3 Å². The lowest BCUT2D eigenvalue weighted by Crippen LogP contribution is -2.26. The number of aromatic nitrogens is 1. The number of benzene rings is 1. The molecule has 0 unspecified atom stereocenters. The molecule has 0 aliphatic rings. The van der Waals surface area contributed by atoms with Gasteiger partial charge in [-0.25, -0.2) is 4.79 Å². The van der Waals surface area contributed by atoms with E-state index < -0.39 is 0 Å². The topological polar surface area (TPSA) is 42.4 Å². The molecule has 0 saturated heterocycles. The van der Waals surface area contributed by atoms with Crippen LogP contribution in [-0.2, 0) is 17.9 Å². The third-order valence-corrected chi connectivity index (χ3v) is 2.69. The molecule has 1 aromatic carbocycles. The minimum atomic E-state index is -0.333. The van der Waals surface area contributed by atoms with Crippen LogP contribution in [0.3, 0.4) is 0 Å². The van der Waals surface area contributed by atoms with E-state index in [1.165, 1.54) is 4.90 Å². The molecule has 0 bridgehead atoms. The van der Waals surface area contributed by atoms with Crippen molar-refractivity contribution >= 4 is 6.09 Å². The van der Waals surface area contributed by atoms with E-state index in [4.69, 9.17) is 4.74 Å². The van der Waals surface area contributed by atoms with Gasteiger partial charge in [-0.3, -0.25) is 4.98 Å². The third-order valence-electron chi connectivity index (χ3n) is 2.69. The van der Waals surface area contributed by atoms with Gasteiger partial charge in [-0.2, -0.15) is 0 Å². The van der Waals surface area contributed by atoms with Crippen molar-refractivity contribution in [3.8, 4) is 0 Å². The van der Waals surface area contributed by atoms with Crippen LogP contribution >= 0.6 is 0 Å². The van der Waals surface area contributed by atoms with Crippen LogP contribution < -0.4 is 0 Å². The molecule has 1 aromatic heterocycles. The zero-order chi connectivity index (χ0) is 13.5. The van der Waals surface area contributed by atoms with Crippen molar-refractivity contribution in [2.75, 3.05) is 7.05 Å². The average Bonchev–Trinajstić information content (AvgIpc) is 2.47. The number of carbonyl (C=O) groups is 1. The molecule has 1 amide bonds. The van der Waals surface area contributed by atoms with Gasteiger partial charge < -0.3 is 9.64 Å². The number of nitrogens with zero attached hydrogens (tertiary/aromatic N) is 2. The minimum Gasteiger partial charge on any atom is -0.445 e. The van der Waals surface area contributed by atoms with Crippen molar-refractivity contribution in [1.29, 1.82) is 0 Å². The van der Waals surface area contributed by atoms with Crippen molar-refractivity contribution in [3.63, 3.8) is 0 Å². The number of ether oxygens (including phenoxy) is 1. The first-order valence-electron chi connectivity index (χ1n) is 6.06. The van der Waals surface area contributed by atoms with Crippen LogP contribution in [0.1, 0.15) is 11.1 Å². The van der Waals surface area contributed by atoms with E-state index in [-0.39, 0.29) is 6.09 Å². The number of amides is 1. The Morgan fingerprint density at radius 2 is 1.79 bits per heavy atom. The van der Waals surface area contributed by atoms with Gasteiger partial charge in [-0.05, 0) is 23.3 Å². The number of carbonyl (C=O) groups excluding carboxylic acids is 1. The number of hydrogen-bond acceptors (Lipinski definition) is 3. The van der Waals surface area contributed by atoms with E-state index in [2.05, 4.69) is 4.98 Å². The van der Waals surface area contributed by atoms with Crippen LogP contribution in [0, 0.1) is 0 Å². The molecule has 2 aromatic rings. The maximum absolute atomic E-state index is 11.8. The van der Waals surface area contributed by atoms with Crippen LogP contribution in [0.2, 0.25) is 0 Å². The zero-order valence-electron chi connectivity index (χ0n) is 10.8. The molecule has 4 heteroatoms. The molecule has 0 fully saturated rings. The number of pyridine rings is 1. The maximum atomic E-state index is 11.8. The first kappa shape index (κ1) is 13.1. The highest BCUT2D eigenvalue weighted by atomic mass is 16.6. The van der Waals surface area contributed by atoms with E-state index in [0.717, 1.165) is 11.1 Å². The lowest BCUT2D eigenvalue weighted by Gasteiger charge is -2.16.